The van der Waals surface area contributed by atoms with Crippen molar-refractivity contribution in [3.63, 3.8) is 0 Å². The average molecular weight is 117 g/mol. The zero-order valence-corrected chi connectivity index (χ0v) is 5.22. The van der Waals surface area contributed by atoms with Crippen molar-refractivity contribution in [2.24, 2.45) is 0 Å². The maximum Gasteiger partial charge on any atom is 0.407 e. The molecule has 1 amide bonds. The lowest BCUT2D eigenvalue weighted by Crippen LogP contribution is -2.24. The number of hydrogen-bond acceptors (Lipinski definition) is 1. The molecular weight excluding hydrogens is 106 g/mol. The van der Waals surface area contributed by atoms with Gasteiger partial charge in [-0.05, 0) is 6.42 Å². The van der Waals surface area contributed by atoms with Gasteiger partial charge in [-0.1, -0.05) is 6.92 Å². The first-order valence-corrected chi connectivity index (χ1v) is 2.62. The maximum absolute atomic E-state index is 10.0. The Bertz CT molecular complexity index is 82.5. The molecule has 0 aliphatic rings. The van der Waals surface area contributed by atoms with E-state index in [0.29, 0.717) is 6.54 Å². The molecule has 1 N–H and O–H groups in total. The molecule has 0 saturated heterocycles. The standard InChI is InChI=1S/C5H11NO2/c1-3-4-6(2)5(7)8/h3-4H2,1-2H3,(H,7,8). The van der Waals surface area contributed by atoms with Crippen molar-refractivity contribution in [1.29, 1.82) is 0 Å². The predicted octanol–water partition coefficient (Wildman–Crippen LogP) is 1.01. The van der Waals surface area contributed by atoms with Gasteiger partial charge in [0.05, 0.1) is 0 Å². The van der Waals surface area contributed by atoms with E-state index in [9.17, 15) is 4.79 Å². The summed E-state index contributed by atoms with van der Waals surface area (Å²) in [6, 6.07) is 0. The summed E-state index contributed by atoms with van der Waals surface area (Å²) >= 11 is 0. The summed E-state index contributed by atoms with van der Waals surface area (Å²) in [5.41, 5.74) is 0. The first-order valence-electron chi connectivity index (χ1n) is 2.62. The van der Waals surface area contributed by atoms with Gasteiger partial charge in [-0.2, -0.15) is 0 Å². The van der Waals surface area contributed by atoms with Crippen molar-refractivity contribution in [2.45, 2.75) is 13.3 Å². The van der Waals surface area contributed by atoms with Gasteiger partial charge in [0.25, 0.3) is 0 Å². The first kappa shape index (κ1) is 7.27. The molecule has 0 saturated carbocycles. The minimum absolute atomic E-state index is 0.620. The fraction of sp³-hybridized carbons (Fsp3) is 0.800. The summed E-state index contributed by atoms with van der Waals surface area (Å²) in [5, 5.41) is 8.24. The van der Waals surface area contributed by atoms with E-state index >= 15 is 0 Å². The van der Waals surface area contributed by atoms with Crippen LogP contribution in [0.3, 0.4) is 0 Å². The SMILES string of the molecule is CCCN(C)C(=O)O. The van der Waals surface area contributed by atoms with Crippen LogP contribution in [0.5, 0.6) is 0 Å². The van der Waals surface area contributed by atoms with Crippen molar-refractivity contribution >= 4 is 6.09 Å². The number of nitrogens with zero attached hydrogens (tertiary/aromatic N) is 1. The molecule has 0 atom stereocenters. The van der Waals surface area contributed by atoms with Crippen molar-refractivity contribution in [2.75, 3.05) is 13.6 Å². The van der Waals surface area contributed by atoms with E-state index in [-0.39, 0.29) is 0 Å². The summed E-state index contributed by atoms with van der Waals surface area (Å²) < 4.78 is 0. The van der Waals surface area contributed by atoms with Crippen molar-refractivity contribution in [3.8, 4) is 0 Å². The number of carboxylic acid groups (broad SMARTS) is 1. The molecule has 3 heteroatoms. The molecule has 0 rings (SSSR count). The minimum Gasteiger partial charge on any atom is -0.465 e. The lowest BCUT2D eigenvalue weighted by molar-refractivity contribution is 0.156. The van der Waals surface area contributed by atoms with Crippen LogP contribution in [0.4, 0.5) is 4.79 Å². The second-order valence-corrected chi connectivity index (χ2v) is 1.70. The Morgan fingerprint density at radius 3 is 2.38 bits per heavy atom. The molecule has 0 aromatic carbocycles. The highest BCUT2D eigenvalue weighted by molar-refractivity contribution is 5.64. The van der Waals surface area contributed by atoms with Gasteiger partial charge in [0.15, 0.2) is 0 Å². The summed E-state index contributed by atoms with van der Waals surface area (Å²) in [5.74, 6) is 0. The molecule has 0 spiro atoms. The van der Waals surface area contributed by atoms with Gasteiger partial charge in [0.1, 0.15) is 0 Å². The molecular formula is C5H11NO2. The van der Waals surface area contributed by atoms with E-state index in [1.807, 2.05) is 6.92 Å². The Kier molecular flexibility index (Phi) is 2.99. The summed E-state index contributed by atoms with van der Waals surface area (Å²) in [7, 11) is 1.56. The number of carbonyl (C=O) groups is 1. The normalized spacial score (nSPS) is 8.75. The third-order valence-corrected chi connectivity index (χ3v) is 0.886. The number of hydrogen-bond donors (Lipinski definition) is 1. The Morgan fingerprint density at radius 1 is 1.75 bits per heavy atom. The van der Waals surface area contributed by atoms with Gasteiger partial charge < -0.3 is 10.0 Å². The minimum atomic E-state index is -0.855. The zero-order valence-electron chi connectivity index (χ0n) is 5.22. The van der Waals surface area contributed by atoms with Gasteiger partial charge in [0, 0.05) is 13.6 Å². The highest BCUT2D eigenvalue weighted by Crippen LogP contribution is 1.84. The molecule has 0 fully saturated rings. The Hall–Kier alpha value is -0.730. The summed E-state index contributed by atoms with van der Waals surface area (Å²) in [6.07, 6.45) is 0.0230. The largest absolute Gasteiger partial charge is 0.465 e. The highest BCUT2D eigenvalue weighted by atomic mass is 16.4. The van der Waals surface area contributed by atoms with E-state index in [1.54, 1.807) is 7.05 Å². The second-order valence-electron chi connectivity index (χ2n) is 1.70. The van der Waals surface area contributed by atoms with Crippen molar-refractivity contribution in [3.05, 3.63) is 0 Å². The molecule has 0 aliphatic carbocycles. The van der Waals surface area contributed by atoms with Crippen LogP contribution in [0, 0.1) is 0 Å². The van der Waals surface area contributed by atoms with E-state index in [1.165, 1.54) is 4.90 Å². The molecule has 0 bridgehead atoms. The van der Waals surface area contributed by atoms with Crippen LogP contribution in [-0.2, 0) is 0 Å². The molecule has 8 heavy (non-hydrogen) atoms. The third kappa shape index (κ3) is 2.44. The molecule has 0 radical (unpaired) electrons. The third-order valence-electron chi connectivity index (χ3n) is 0.886. The Labute approximate surface area is 48.9 Å². The molecule has 0 aromatic rings. The summed E-state index contributed by atoms with van der Waals surface area (Å²) in [6.45, 7) is 2.56. The first-order chi connectivity index (χ1) is 3.68. The van der Waals surface area contributed by atoms with Crippen molar-refractivity contribution < 1.29 is 9.90 Å². The quantitative estimate of drug-likeness (QED) is 0.586. The highest BCUT2D eigenvalue weighted by Gasteiger charge is 2.00. The molecule has 0 aliphatic heterocycles. The fourth-order valence-corrected chi connectivity index (χ4v) is 0.431. The summed E-state index contributed by atoms with van der Waals surface area (Å²) in [4.78, 5) is 11.3. The van der Waals surface area contributed by atoms with Gasteiger partial charge in [0.2, 0.25) is 0 Å². The Balaban J connectivity index is 3.32. The smallest absolute Gasteiger partial charge is 0.407 e. The number of rotatable bonds is 2. The van der Waals surface area contributed by atoms with Gasteiger partial charge >= 0.3 is 6.09 Å². The van der Waals surface area contributed by atoms with Gasteiger partial charge in [-0.15, -0.1) is 0 Å². The molecule has 0 aromatic heterocycles. The van der Waals surface area contributed by atoms with Crippen LogP contribution < -0.4 is 0 Å². The van der Waals surface area contributed by atoms with E-state index in [0.717, 1.165) is 6.42 Å². The second kappa shape index (κ2) is 3.29. The average Bonchev–Trinajstić information content (AvgIpc) is 1.67. The number of amides is 1. The van der Waals surface area contributed by atoms with Gasteiger partial charge in [-0.3, -0.25) is 0 Å². The van der Waals surface area contributed by atoms with E-state index in [4.69, 9.17) is 5.11 Å². The van der Waals surface area contributed by atoms with E-state index < -0.39 is 6.09 Å². The van der Waals surface area contributed by atoms with Crippen LogP contribution in [0.25, 0.3) is 0 Å². The molecule has 48 valence electrons. The van der Waals surface area contributed by atoms with Crippen LogP contribution in [-0.4, -0.2) is 29.7 Å². The lowest BCUT2D eigenvalue weighted by atomic mass is 10.5. The predicted molar refractivity (Wildman–Crippen MR) is 30.9 cm³/mol. The monoisotopic (exact) mass is 117 g/mol. The topological polar surface area (TPSA) is 40.5 Å². The zero-order chi connectivity index (χ0) is 6.57. The van der Waals surface area contributed by atoms with Crippen LogP contribution in [0.1, 0.15) is 13.3 Å². The van der Waals surface area contributed by atoms with Crippen LogP contribution in [0.2, 0.25) is 0 Å². The fourth-order valence-electron chi connectivity index (χ4n) is 0.431. The van der Waals surface area contributed by atoms with Crippen LogP contribution in [0.15, 0.2) is 0 Å². The molecule has 0 heterocycles. The van der Waals surface area contributed by atoms with Crippen LogP contribution >= 0.6 is 0 Å². The lowest BCUT2D eigenvalue weighted by Gasteiger charge is -2.09. The maximum atomic E-state index is 10.0. The molecule has 0 unspecified atom stereocenters. The Morgan fingerprint density at radius 2 is 2.25 bits per heavy atom. The van der Waals surface area contributed by atoms with Crippen molar-refractivity contribution in [1.82, 2.24) is 4.90 Å². The van der Waals surface area contributed by atoms with Gasteiger partial charge in [-0.25, -0.2) is 4.79 Å². The molecule has 3 nitrogen and oxygen atoms in total. The van der Waals surface area contributed by atoms with E-state index in [2.05, 4.69) is 0 Å².